The van der Waals surface area contributed by atoms with Gasteiger partial charge >= 0.3 is 5.97 Å². The molecule has 1 atom stereocenters. The number of hydrogen-bond acceptors (Lipinski definition) is 4. The van der Waals surface area contributed by atoms with E-state index in [1.807, 2.05) is 13.8 Å². The van der Waals surface area contributed by atoms with Crippen LogP contribution in [0.25, 0.3) is 0 Å². The van der Waals surface area contributed by atoms with Gasteiger partial charge in [0.2, 0.25) is 0 Å². The first kappa shape index (κ1) is 13.7. The van der Waals surface area contributed by atoms with Gasteiger partial charge in [-0.05, 0) is 13.8 Å². The lowest BCUT2D eigenvalue weighted by atomic mass is 10.5. The molecule has 14 heavy (non-hydrogen) atoms. The number of esters is 1. The molecular formula is C9H17ClO4. The lowest BCUT2D eigenvalue weighted by Crippen LogP contribution is -2.19. The SMILES string of the molecule is CC(=O)OCC(Cl)COCOC(C)C. The van der Waals surface area contributed by atoms with Gasteiger partial charge in [-0.2, -0.15) is 0 Å². The van der Waals surface area contributed by atoms with Gasteiger partial charge in [-0.1, -0.05) is 0 Å². The molecule has 84 valence electrons. The van der Waals surface area contributed by atoms with Gasteiger partial charge in [0.1, 0.15) is 13.4 Å². The third-order valence-corrected chi connectivity index (χ3v) is 1.50. The molecule has 0 N–H and O–H groups in total. The molecule has 0 radical (unpaired) electrons. The summed E-state index contributed by atoms with van der Waals surface area (Å²) in [6, 6.07) is 0. The average molecular weight is 225 g/mol. The molecule has 0 fully saturated rings. The fourth-order valence-electron chi connectivity index (χ4n) is 0.616. The lowest BCUT2D eigenvalue weighted by molar-refractivity contribution is -0.141. The van der Waals surface area contributed by atoms with Crippen molar-refractivity contribution in [1.29, 1.82) is 0 Å². The number of halogens is 1. The maximum atomic E-state index is 10.4. The number of ether oxygens (including phenoxy) is 3. The Bertz CT molecular complexity index is 161. The number of carbonyl (C=O) groups is 1. The molecule has 0 amide bonds. The average Bonchev–Trinajstić information content (AvgIpc) is 2.08. The van der Waals surface area contributed by atoms with E-state index >= 15 is 0 Å². The second kappa shape index (κ2) is 8.03. The van der Waals surface area contributed by atoms with E-state index in [-0.39, 0.29) is 30.9 Å². The predicted molar refractivity (Wildman–Crippen MR) is 53.3 cm³/mol. The van der Waals surface area contributed by atoms with E-state index in [4.69, 9.17) is 25.8 Å². The van der Waals surface area contributed by atoms with Crippen LogP contribution in [0.3, 0.4) is 0 Å². The maximum absolute atomic E-state index is 10.4. The van der Waals surface area contributed by atoms with Crippen molar-refractivity contribution in [2.24, 2.45) is 0 Å². The van der Waals surface area contributed by atoms with Crippen LogP contribution in [-0.4, -0.2) is 37.5 Å². The Morgan fingerprint density at radius 2 is 2.00 bits per heavy atom. The Labute approximate surface area is 89.5 Å². The summed E-state index contributed by atoms with van der Waals surface area (Å²) in [6.07, 6.45) is 0.136. The zero-order valence-electron chi connectivity index (χ0n) is 8.79. The largest absolute Gasteiger partial charge is 0.464 e. The first-order valence-electron chi connectivity index (χ1n) is 4.49. The lowest BCUT2D eigenvalue weighted by Gasteiger charge is -2.11. The summed E-state index contributed by atoms with van der Waals surface area (Å²) in [5.41, 5.74) is 0. The Morgan fingerprint density at radius 1 is 1.36 bits per heavy atom. The van der Waals surface area contributed by atoms with Crippen molar-refractivity contribution in [3.8, 4) is 0 Å². The van der Waals surface area contributed by atoms with Gasteiger partial charge in [-0.25, -0.2) is 0 Å². The second-order valence-electron chi connectivity index (χ2n) is 3.10. The van der Waals surface area contributed by atoms with Crippen LogP contribution >= 0.6 is 11.6 Å². The molecule has 0 aliphatic carbocycles. The normalized spacial score (nSPS) is 12.9. The van der Waals surface area contributed by atoms with E-state index in [0.29, 0.717) is 6.61 Å². The highest BCUT2D eigenvalue weighted by atomic mass is 35.5. The minimum Gasteiger partial charge on any atom is -0.464 e. The van der Waals surface area contributed by atoms with Gasteiger partial charge < -0.3 is 14.2 Å². The standard InChI is InChI=1S/C9H17ClO4/c1-7(2)14-6-12-4-9(10)5-13-8(3)11/h7,9H,4-6H2,1-3H3. The van der Waals surface area contributed by atoms with Gasteiger partial charge in [0.05, 0.1) is 18.1 Å². The number of alkyl halides is 1. The van der Waals surface area contributed by atoms with Crippen LogP contribution in [0, 0.1) is 0 Å². The van der Waals surface area contributed by atoms with Crippen LogP contribution in [0.2, 0.25) is 0 Å². The molecule has 0 saturated carbocycles. The summed E-state index contributed by atoms with van der Waals surface area (Å²) in [7, 11) is 0. The number of rotatable bonds is 7. The van der Waals surface area contributed by atoms with E-state index in [1.54, 1.807) is 0 Å². The molecule has 0 spiro atoms. The third-order valence-electron chi connectivity index (χ3n) is 1.25. The zero-order chi connectivity index (χ0) is 11.0. The van der Waals surface area contributed by atoms with Crippen LogP contribution in [0.15, 0.2) is 0 Å². The van der Waals surface area contributed by atoms with E-state index < -0.39 is 0 Å². The maximum Gasteiger partial charge on any atom is 0.302 e. The third kappa shape index (κ3) is 9.77. The van der Waals surface area contributed by atoms with E-state index in [9.17, 15) is 4.79 Å². The predicted octanol–water partition coefficient (Wildman–Crippen LogP) is 1.56. The first-order chi connectivity index (χ1) is 6.52. The fourth-order valence-corrected chi connectivity index (χ4v) is 0.768. The molecule has 0 bridgehead atoms. The molecule has 0 aliphatic heterocycles. The Morgan fingerprint density at radius 3 is 2.50 bits per heavy atom. The van der Waals surface area contributed by atoms with Gasteiger partial charge in [0.25, 0.3) is 0 Å². The van der Waals surface area contributed by atoms with Crippen molar-refractivity contribution in [3.05, 3.63) is 0 Å². The van der Waals surface area contributed by atoms with Gasteiger partial charge in [-0.15, -0.1) is 11.6 Å². The summed E-state index contributed by atoms with van der Waals surface area (Å²) in [5, 5.41) is -0.324. The van der Waals surface area contributed by atoms with Crippen molar-refractivity contribution >= 4 is 17.6 Å². The molecule has 1 unspecified atom stereocenters. The fraction of sp³-hybridized carbons (Fsp3) is 0.889. The molecule has 5 heteroatoms. The highest BCUT2D eigenvalue weighted by molar-refractivity contribution is 6.20. The first-order valence-corrected chi connectivity index (χ1v) is 4.92. The van der Waals surface area contributed by atoms with Gasteiger partial charge in [0, 0.05) is 6.92 Å². The van der Waals surface area contributed by atoms with E-state index in [1.165, 1.54) is 6.92 Å². The van der Waals surface area contributed by atoms with Crippen LogP contribution in [0.5, 0.6) is 0 Å². The Balaban J connectivity index is 3.26. The minimum absolute atomic E-state index is 0.136. The van der Waals surface area contributed by atoms with Crippen molar-refractivity contribution in [3.63, 3.8) is 0 Å². The van der Waals surface area contributed by atoms with Gasteiger partial charge in [-0.3, -0.25) is 4.79 Å². The Hall–Kier alpha value is -0.320. The summed E-state index contributed by atoms with van der Waals surface area (Å²) in [4.78, 5) is 10.4. The van der Waals surface area contributed by atoms with E-state index in [0.717, 1.165) is 0 Å². The molecule has 0 saturated heterocycles. The summed E-state index contributed by atoms with van der Waals surface area (Å²) < 4.78 is 14.9. The molecule has 0 aliphatic rings. The van der Waals surface area contributed by atoms with Crippen LogP contribution in [-0.2, 0) is 19.0 Å². The summed E-state index contributed by atoms with van der Waals surface area (Å²) in [6.45, 7) is 5.86. The highest BCUT2D eigenvalue weighted by Gasteiger charge is 2.06. The quantitative estimate of drug-likeness (QED) is 0.285. The van der Waals surface area contributed by atoms with Crippen molar-refractivity contribution in [2.75, 3.05) is 20.0 Å². The molecule has 0 aromatic rings. The number of carbonyl (C=O) groups excluding carboxylic acids is 1. The molecule has 0 aromatic carbocycles. The molecule has 0 rings (SSSR count). The topological polar surface area (TPSA) is 44.8 Å². The van der Waals surface area contributed by atoms with Crippen LogP contribution in [0.1, 0.15) is 20.8 Å². The van der Waals surface area contributed by atoms with Crippen molar-refractivity contribution in [2.45, 2.75) is 32.3 Å². The molecule has 4 nitrogen and oxygen atoms in total. The molecule has 0 heterocycles. The zero-order valence-corrected chi connectivity index (χ0v) is 9.54. The summed E-state index contributed by atoms with van der Waals surface area (Å²) >= 11 is 5.78. The van der Waals surface area contributed by atoms with Gasteiger partial charge in [0.15, 0.2) is 0 Å². The Kier molecular flexibility index (Phi) is 7.84. The highest BCUT2D eigenvalue weighted by Crippen LogP contribution is 1.99. The monoisotopic (exact) mass is 224 g/mol. The van der Waals surface area contributed by atoms with Crippen LogP contribution < -0.4 is 0 Å². The molecular weight excluding hydrogens is 208 g/mol. The van der Waals surface area contributed by atoms with Crippen LogP contribution in [0.4, 0.5) is 0 Å². The summed E-state index contributed by atoms with van der Waals surface area (Å²) in [5.74, 6) is -0.339. The van der Waals surface area contributed by atoms with E-state index in [2.05, 4.69) is 0 Å². The molecule has 0 aromatic heterocycles. The van der Waals surface area contributed by atoms with Crippen molar-refractivity contribution < 1.29 is 19.0 Å². The van der Waals surface area contributed by atoms with Crippen molar-refractivity contribution in [1.82, 2.24) is 0 Å². The number of hydrogen-bond donors (Lipinski definition) is 0. The smallest absolute Gasteiger partial charge is 0.302 e. The second-order valence-corrected chi connectivity index (χ2v) is 3.72. The minimum atomic E-state index is -0.339.